The normalized spacial score (nSPS) is 10.5. The molecule has 2 rings (SSSR count). The predicted molar refractivity (Wildman–Crippen MR) is 63.4 cm³/mol. The number of halogens is 2. The number of carbonyl (C=O) groups is 1. The molecule has 0 saturated heterocycles. The van der Waals surface area contributed by atoms with E-state index in [1.54, 1.807) is 12.3 Å². The van der Waals surface area contributed by atoms with E-state index in [0.29, 0.717) is 5.56 Å². The van der Waals surface area contributed by atoms with Crippen LogP contribution < -0.4 is 0 Å². The molecule has 1 nitrogen and oxygen atoms in total. The van der Waals surface area contributed by atoms with Gasteiger partial charge in [-0.15, -0.1) is 0 Å². The van der Waals surface area contributed by atoms with Crippen LogP contribution in [0, 0.1) is 18.6 Å². The molecule has 88 valence electrons. The highest BCUT2D eigenvalue weighted by Gasteiger charge is 2.16. The molecule has 0 atom stereocenters. The van der Waals surface area contributed by atoms with Gasteiger partial charge in [0.05, 0.1) is 0 Å². The van der Waals surface area contributed by atoms with Gasteiger partial charge in [-0.3, -0.25) is 4.79 Å². The average Bonchev–Trinajstić information content (AvgIpc) is 2.70. The Morgan fingerprint density at radius 1 is 1.24 bits per heavy atom. The van der Waals surface area contributed by atoms with Crippen LogP contribution in [0.25, 0.3) is 0 Å². The molecule has 0 N–H and O–H groups in total. The van der Waals surface area contributed by atoms with Crippen LogP contribution in [0.1, 0.15) is 21.5 Å². The Bertz CT molecular complexity index is 540. The van der Waals surface area contributed by atoms with Crippen LogP contribution in [0.2, 0.25) is 0 Å². The molecule has 1 heterocycles. The molecule has 2 aromatic rings. The minimum atomic E-state index is -0.675. The summed E-state index contributed by atoms with van der Waals surface area (Å²) in [5.41, 5.74) is 1.22. The summed E-state index contributed by atoms with van der Waals surface area (Å²) >= 11 is 1.41. The summed E-state index contributed by atoms with van der Waals surface area (Å²) in [6, 6.07) is 3.60. The van der Waals surface area contributed by atoms with Gasteiger partial charge in [0.25, 0.3) is 0 Å². The Labute approximate surface area is 102 Å². The average molecular weight is 252 g/mol. The van der Waals surface area contributed by atoms with Gasteiger partial charge < -0.3 is 0 Å². The molecule has 0 aliphatic carbocycles. The minimum Gasteiger partial charge on any atom is -0.294 e. The van der Waals surface area contributed by atoms with Crippen molar-refractivity contribution in [3.8, 4) is 0 Å². The highest BCUT2D eigenvalue weighted by atomic mass is 32.1. The van der Waals surface area contributed by atoms with Gasteiger partial charge in [0.1, 0.15) is 11.6 Å². The molecule has 0 spiro atoms. The van der Waals surface area contributed by atoms with E-state index >= 15 is 0 Å². The first-order valence-corrected chi connectivity index (χ1v) is 6.02. The summed E-state index contributed by atoms with van der Waals surface area (Å²) in [7, 11) is 0. The predicted octanol–water partition coefficient (Wildman–Crippen LogP) is 3.76. The molecule has 1 aromatic carbocycles. The smallest absolute Gasteiger partial charge is 0.168 e. The first kappa shape index (κ1) is 11.9. The first-order chi connectivity index (χ1) is 8.09. The second-order valence-electron chi connectivity index (χ2n) is 3.77. The number of Topliss-reactive ketones (excluding diaryl/α,β-unsaturated/α-hetero) is 1. The molecule has 0 bridgehead atoms. The lowest BCUT2D eigenvalue weighted by molar-refractivity contribution is 0.0990. The lowest BCUT2D eigenvalue weighted by Crippen LogP contribution is -2.07. The molecule has 0 aliphatic heterocycles. The lowest BCUT2D eigenvalue weighted by Gasteiger charge is -2.04. The van der Waals surface area contributed by atoms with Gasteiger partial charge in [-0.25, -0.2) is 8.78 Å². The number of thiophene rings is 1. The zero-order chi connectivity index (χ0) is 12.4. The topological polar surface area (TPSA) is 17.1 Å². The van der Waals surface area contributed by atoms with E-state index in [9.17, 15) is 13.6 Å². The third-order valence-electron chi connectivity index (χ3n) is 2.55. The fourth-order valence-electron chi connectivity index (χ4n) is 1.60. The van der Waals surface area contributed by atoms with Crippen molar-refractivity contribution in [2.75, 3.05) is 0 Å². The summed E-state index contributed by atoms with van der Waals surface area (Å²) in [6.45, 7) is 1.81. The van der Waals surface area contributed by atoms with Gasteiger partial charge in [-0.2, -0.15) is 11.3 Å². The van der Waals surface area contributed by atoms with Crippen molar-refractivity contribution in [2.24, 2.45) is 0 Å². The Balaban J connectivity index is 2.28. The fourth-order valence-corrected chi connectivity index (χ4v) is 2.46. The second-order valence-corrected chi connectivity index (χ2v) is 4.51. The van der Waals surface area contributed by atoms with Crippen molar-refractivity contribution in [2.45, 2.75) is 13.3 Å². The Hall–Kier alpha value is -1.55. The van der Waals surface area contributed by atoms with Gasteiger partial charge >= 0.3 is 0 Å². The Morgan fingerprint density at radius 3 is 2.41 bits per heavy atom. The molecule has 0 fully saturated rings. The fraction of sp³-hybridized carbons (Fsp3) is 0.154. The van der Waals surface area contributed by atoms with Crippen LogP contribution in [0.15, 0.2) is 29.0 Å². The van der Waals surface area contributed by atoms with Crippen molar-refractivity contribution in [3.63, 3.8) is 0 Å². The van der Waals surface area contributed by atoms with Crippen molar-refractivity contribution in [3.05, 3.63) is 57.3 Å². The molecule has 0 amide bonds. The third-order valence-corrected chi connectivity index (χ3v) is 3.42. The van der Waals surface area contributed by atoms with Crippen LogP contribution in [0.4, 0.5) is 8.78 Å². The lowest BCUT2D eigenvalue weighted by atomic mass is 10.0. The van der Waals surface area contributed by atoms with E-state index in [-0.39, 0.29) is 17.8 Å². The molecular weight excluding hydrogens is 242 g/mol. The minimum absolute atomic E-state index is 0.164. The molecular formula is C13H10F2OS. The third kappa shape index (κ3) is 2.42. The van der Waals surface area contributed by atoms with E-state index in [1.165, 1.54) is 17.4 Å². The van der Waals surface area contributed by atoms with Gasteiger partial charge in [0, 0.05) is 22.9 Å². The van der Waals surface area contributed by atoms with Crippen LogP contribution in [-0.4, -0.2) is 5.78 Å². The highest BCUT2D eigenvalue weighted by Crippen LogP contribution is 2.19. The number of ketones is 1. The molecule has 0 saturated carbocycles. The number of hydrogen-bond acceptors (Lipinski definition) is 2. The van der Waals surface area contributed by atoms with Gasteiger partial charge in [-0.05, 0) is 30.0 Å². The van der Waals surface area contributed by atoms with Crippen molar-refractivity contribution in [1.82, 2.24) is 0 Å². The molecule has 17 heavy (non-hydrogen) atoms. The standard InChI is InChI=1S/C13H10F2OS/c1-8-6-17-7-10(8)13(16)5-9-11(14)3-2-4-12(9)15/h2-4,6-7H,5H2,1H3. The summed E-state index contributed by atoms with van der Waals surface area (Å²) in [5.74, 6) is -1.61. The van der Waals surface area contributed by atoms with E-state index in [1.807, 2.05) is 5.38 Å². The number of carbonyl (C=O) groups excluding carboxylic acids is 1. The zero-order valence-electron chi connectivity index (χ0n) is 9.17. The van der Waals surface area contributed by atoms with Gasteiger partial charge in [-0.1, -0.05) is 6.07 Å². The molecule has 0 aliphatic rings. The number of rotatable bonds is 3. The highest BCUT2D eigenvalue weighted by molar-refractivity contribution is 7.08. The van der Waals surface area contributed by atoms with Crippen LogP contribution in [0.3, 0.4) is 0 Å². The monoisotopic (exact) mass is 252 g/mol. The molecule has 4 heteroatoms. The van der Waals surface area contributed by atoms with Crippen LogP contribution >= 0.6 is 11.3 Å². The zero-order valence-corrected chi connectivity index (χ0v) is 9.98. The molecule has 0 unspecified atom stereocenters. The molecule has 0 radical (unpaired) electrons. The van der Waals surface area contributed by atoms with E-state index in [2.05, 4.69) is 0 Å². The number of benzene rings is 1. The number of aryl methyl sites for hydroxylation is 1. The molecule has 1 aromatic heterocycles. The summed E-state index contributed by atoms with van der Waals surface area (Å²) in [6.07, 6.45) is -0.240. The first-order valence-electron chi connectivity index (χ1n) is 5.08. The maximum Gasteiger partial charge on any atom is 0.168 e. The van der Waals surface area contributed by atoms with E-state index < -0.39 is 11.6 Å². The van der Waals surface area contributed by atoms with Crippen molar-refractivity contribution < 1.29 is 13.6 Å². The summed E-state index contributed by atoms with van der Waals surface area (Å²) < 4.78 is 26.7. The van der Waals surface area contributed by atoms with Crippen LogP contribution in [-0.2, 0) is 6.42 Å². The van der Waals surface area contributed by atoms with Crippen LogP contribution in [0.5, 0.6) is 0 Å². The summed E-state index contributed by atoms with van der Waals surface area (Å²) in [5, 5.41) is 3.54. The SMILES string of the molecule is Cc1cscc1C(=O)Cc1c(F)cccc1F. The van der Waals surface area contributed by atoms with Gasteiger partial charge in [0.2, 0.25) is 0 Å². The quantitative estimate of drug-likeness (QED) is 0.760. The maximum atomic E-state index is 13.4. The number of hydrogen-bond donors (Lipinski definition) is 0. The van der Waals surface area contributed by atoms with Crippen molar-refractivity contribution >= 4 is 17.1 Å². The van der Waals surface area contributed by atoms with Gasteiger partial charge in [0.15, 0.2) is 5.78 Å². The van der Waals surface area contributed by atoms with E-state index in [0.717, 1.165) is 17.7 Å². The largest absolute Gasteiger partial charge is 0.294 e. The second kappa shape index (κ2) is 4.75. The van der Waals surface area contributed by atoms with Crippen molar-refractivity contribution in [1.29, 1.82) is 0 Å². The maximum absolute atomic E-state index is 13.4. The Morgan fingerprint density at radius 2 is 1.88 bits per heavy atom. The summed E-state index contributed by atoms with van der Waals surface area (Å²) in [4.78, 5) is 11.9. The Kier molecular flexibility index (Phi) is 3.33. The van der Waals surface area contributed by atoms with E-state index in [4.69, 9.17) is 0 Å².